The van der Waals surface area contributed by atoms with Crippen molar-refractivity contribution in [1.29, 1.82) is 0 Å². The monoisotopic (exact) mass is 1030 g/mol. The van der Waals surface area contributed by atoms with Crippen LogP contribution >= 0.6 is 23.2 Å². The van der Waals surface area contributed by atoms with Gasteiger partial charge in [0.2, 0.25) is 5.60 Å². The quantitative estimate of drug-likeness (QED) is 0.150. The van der Waals surface area contributed by atoms with Gasteiger partial charge in [-0.2, -0.15) is 0 Å². The first-order valence-electron chi connectivity index (χ1n) is 22.5. The first-order valence-corrected chi connectivity index (χ1v) is 23.3. The van der Waals surface area contributed by atoms with Crippen molar-refractivity contribution in [1.82, 2.24) is 29.4 Å². The SMILES string of the molecule is CN1C=CC=C(C(=O)OC2C(OC(=O)C3=CC=CN(C)C3)C(OC(=O)C3=CC=CN(C)C3)C(OC(=O)C3=CC=CN(C)C3)(C(Cl)(Cl)C(=O)O)C(OC(=O)C3=CC=CN(C)C3)C2OC(=O)C2=CC=CN(C)C2)C1. The van der Waals surface area contributed by atoms with Crippen LogP contribution in [0, 0.1) is 0 Å². The average Bonchev–Trinajstić information content (AvgIpc) is 3.34. The topological polar surface area (TPSA) is 215 Å². The van der Waals surface area contributed by atoms with Crippen LogP contribution < -0.4 is 0 Å². The van der Waals surface area contributed by atoms with Crippen LogP contribution in [0.25, 0.3) is 0 Å². The molecule has 7 aliphatic rings. The van der Waals surface area contributed by atoms with Crippen molar-refractivity contribution in [2.45, 2.75) is 40.5 Å². The maximum Gasteiger partial charge on any atom is 0.344 e. The zero-order chi connectivity index (χ0) is 52.1. The highest BCUT2D eigenvalue weighted by atomic mass is 35.5. The van der Waals surface area contributed by atoms with Crippen molar-refractivity contribution in [2.75, 3.05) is 81.6 Å². The predicted molar refractivity (Wildman–Crippen MR) is 259 cm³/mol. The molecular formula is C50H54Cl2N6O14. The molecule has 0 aromatic carbocycles. The molecule has 382 valence electrons. The standard InChI is InChI=1S/C50H54Cl2N6O14/c1-53-19-7-13-31(25-53)42(59)67-37-38(68-43(60)32-14-8-20-54(2)26-32)40(70-45(62)34-16-10-22-56(4)28-34)49(50(51,52)48(65)66,72-47(64)36-18-12-24-58(6)30-36)41(71-46(63)35-17-11-23-57(5)29-35)39(37)69-44(61)33-15-9-21-55(3)27-33/h7-24,37-41H,25-30H2,1-6H3,(H,65,66). The van der Waals surface area contributed by atoms with Gasteiger partial charge in [0, 0.05) is 81.6 Å². The number of hydrogen-bond acceptors (Lipinski definition) is 19. The molecule has 0 radical (unpaired) electrons. The molecule has 20 nitrogen and oxygen atoms in total. The summed E-state index contributed by atoms with van der Waals surface area (Å²) in [5.41, 5.74) is -3.83. The third-order valence-electron chi connectivity index (χ3n) is 12.2. The molecule has 7 rings (SSSR count). The third-order valence-corrected chi connectivity index (χ3v) is 13.1. The summed E-state index contributed by atoms with van der Waals surface area (Å²) in [6, 6.07) is 0. The van der Waals surface area contributed by atoms with E-state index >= 15 is 0 Å². The van der Waals surface area contributed by atoms with Crippen LogP contribution in [0.2, 0.25) is 0 Å². The minimum absolute atomic E-state index is 0.0179. The number of aliphatic carboxylic acids is 1. The number of alkyl halides is 2. The Bertz CT molecular complexity index is 2530. The first-order chi connectivity index (χ1) is 34.2. The molecule has 0 amide bonds. The molecule has 1 N–H and O–H groups in total. The van der Waals surface area contributed by atoms with Crippen LogP contribution in [0.1, 0.15) is 0 Å². The Morgan fingerprint density at radius 3 is 0.917 bits per heavy atom. The Kier molecular flexibility index (Phi) is 15.9. The minimum Gasteiger partial charge on any atom is -0.479 e. The molecule has 0 spiro atoms. The third kappa shape index (κ3) is 11.3. The van der Waals surface area contributed by atoms with Gasteiger partial charge in [-0.15, -0.1) is 0 Å². The van der Waals surface area contributed by atoms with Gasteiger partial charge in [-0.25, -0.2) is 33.6 Å². The molecule has 6 aliphatic heterocycles. The zero-order valence-corrected chi connectivity index (χ0v) is 41.7. The second-order valence-electron chi connectivity index (χ2n) is 18.0. The van der Waals surface area contributed by atoms with Crippen molar-refractivity contribution in [3.63, 3.8) is 0 Å². The van der Waals surface area contributed by atoms with Gasteiger partial charge >= 0.3 is 41.8 Å². The average molecular weight is 1030 g/mol. The van der Waals surface area contributed by atoms with Crippen molar-refractivity contribution < 1.29 is 67.1 Å². The van der Waals surface area contributed by atoms with E-state index in [0.29, 0.717) is 0 Å². The van der Waals surface area contributed by atoms with Gasteiger partial charge in [0.15, 0.2) is 30.5 Å². The number of hydrogen-bond donors (Lipinski definition) is 1. The number of rotatable bonds is 14. The predicted octanol–water partition coefficient (Wildman–Crippen LogP) is 2.41. The number of nitrogens with zero attached hydrogens (tertiary/aromatic N) is 6. The Morgan fingerprint density at radius 1 is 0.431 bits per heavy atom. The van der Waals surface area contributed by atoms with E-state index in [0.717, 1.165) is 0 Å². The van der Waals surface area contributed by atoms with E-state index in [1.165, 1.54) is 66.8 Å². The normalized spacial score (nSPS) is 25.8. The summed E-state index contributed by atoms with van der Waals surface area (Å²) >= 11 is 14.3. The van der Waals surface area contributed by atoms with Crippen molar-refractivity contribution >= 4 is 65.0 Å². The van der Waals surface area contributed by atoms with Crippen LogP contribution in [-0.2, 0) is 62.0 Å². The molecule has 4 atom stereocenters. The lowest BCUT2D eigenvalue weighted by Gasteiger charge is -2.56. The van der Waals surface area contributed by atoms with Gasteiger partial charge < -0.3 is 62.9 Å². The van der Waals surface area contributed by atoms with Crippen LogP contribution in [0.15, 0.2) is 144 Å². The highest BCUT2D eigenvalue weighted by Crippen LogP contribution is 2.53. The largest absolute Gasteiger partial charge is 0.479 e. The molecule has 1 saturated carbocycles. The smallest absolute Gasteiger partial charge is 0.344 e. The van der Waals surface area contributed by atoms with Crippen LogP contribution in [0.5, 0.6) is 0 Å². The summed E-state index contributed by atoms with van der Waals surface area (Å²) in [5, 5.41) is 11.3. The molecule has 1 aliphatic carbocycles. The van der Waals surface area contributed by atoms with Crippen LogP contribution in [-0.4, -0.2) is 198 Å². The van der Waals surface area contributed by atoms with Crippen molar-refractivity contribution in [2.24, 2.45) is 0 Å². The number of carbonyl (C=O) groups is 7. The lowest BCUT2D eigenvalue weighted by atomic mass is 9.71. The summed E-state index contributed by atoms with van der Waals surface area (Å²) in [7, 11) is 9.91. The van der Waals surface area contributed by atoms with Gasteiger partial charge in [0.25, 0.3) is 4.33 Å². The lowest BCUT2D eigenvalue weighted by Crippen LogP contribution is -2.81. The molecule has 72 heavy (non-hydrogen) atoms. The number of carboxylic acid groups (broad SMARTS) is 1. The molecule has 1 fully saturated rings. The molecule has 0 aromatic heterocycles. The van der Waals surface area contributed by atoms with Crippen molar-refractivity contribution in [3.05, 3.63) is 144 Å². The summed E-state index contributed by atoms with van der Waals surface area (Å²) in [6.07, 6.45) is 15.2. The number of carboxylic acids is 1. The number of halogens is 2. The molecular weight excluding hydrogens is 979 g/mol. The molecule has 6 heterocycles. The Balaban J connectivity index is 1.56. The van der Waals surface area contributed by atoms with E-state index in [9.17, 15) is 38.7 Å². The Hall–Kier alpha value is -7.45. The zero-order valence-electron chi connectivity index (χ0n) is 40.2. The number of carbonyl (C=O) groups excluding carboxylic acids is 6. The van der Waals surface area contributed by atoms with E-state index in [2.05, 4.69) is 0 Å². The van der Waals surface area contributed by atoms with Gasteiger partial charge in [0.05, 0.1) is 33.4 Å². The van der Waals surface area contributed by atoms with Gasteiger partial charge in [0.1, 0.15) is 0 Å². The number of esters is 6. The molecule has 0 aromatic rings. The van der Waals surface area contributed by atoms with E-state index in [1.54, 1.807) is 115 Å². The second kappa shape index (κ2) is 21.9. The lowest BCUT2D eigenvalue weighted by molar-refractivity contribution is -0.291. The molecule has 4 unspecified atom stereocenters. The Labute approximate surface area is 425 Å². The van der Waals surface area contributed by atoms with E-state index in [4.69, 9.17) is 51.6 Å². The fourth-order valence-corrected chi connectivity index (χ4v) is 9.17. The maximum atomic E-state index is 15.0. The molecule has 0 bridgehead atoms. The summed E-state index contributed by atoms with van der Waals surface area (Å²) in [5.74, 6) is -9.32. The maximum absolute atomic E-state index is 15.0. The first kappa shape index (κ1) is 52.4. The second-order valence-corrected chi connectivity index (χ2v) is 19.3. The summed E-state index contributed by atoms with van der Waals surface area (Å²) in [4.78, 5) is 113. The fraction of sp³-hybridized carbons (Fsp3) is 0.380. The van der Waals surface area contributed by atoms with Crippen molar-refractivity contribution in [3.8, 4) is 0 Å². The van der Waals surface area contributed by atoms with E-state index < -0.39 is 82.2 Å². The fourth-order valence-electron chi connectivity index (χ4n) is 8.66. The Morgan fingerprint density at radius 2 is 0.667 bits per heavy atom. The van der Waals surface area contributed by atoms with Gasteiger partial charge in [-0.1, -0.05) is 23.2 Å². The highest BCUT2D eigenvalue weighted by molar-refractivity contribution is 6.58. The number of allylic oxidation sites excluding steroid dienone is 12. The van der Waals surface area contributed by atoms with Crippen LogP contribution in [0.4, 0.5) is 0 Å². The number of ether oxygens (including phenoxy) is 6. The van der Waals surface area contributed by atoms with Gasteiger partial charge in [-0.05, 0) is 110 Å². The molecule has 0 saturated heterocycles. The van der Waals surface area contributed by atoms with Gasteiger partial charge in [-0.3, -0.25) is 0 Å². The minimum atomic E-state index is -3.63. The van der Waals surface area contributed by atoms with E-state index in [1.807, 2.05) is 0 Å². The summed E-state index contributed by atoms with van der Waals surface area (Å²) in [6.45, 7) is -0.482. The molecule has 22 heteroatoms. The van der Waals surface area contributed by atoms with E-state index in [-0.39, 0.29) is 72.7 Å². The van der Waals surface area contributed by atoms with Crippen LogP contribution in [0.3, 0.4) is 0 Å². The highest BCUT2D eigenvalue weighted by Gasteiger charge is 2.79. The number of likely N-dealkylation sites (N-methyl/N-ethyl adjacent to an activating group) is 6. The summed E-state index contributed by atoms with van der Waals surface area (Å²) < 4.78 is 34.4.